The molecule has 0 unspecified atom stereocenters. The summed E-state index contributed by atoms with van der Waals surface area (Å²) in [6.07, 6.45) is 0. The number of aryl methyl sites for hydroxylation is 1. The summed E-state index contributed by atoms with van der Waals surface area (Å²) in [6.45, 7) is 8.50. The van der Waals surface area contributed by atoms with Gasteiger partial charge in [-0.15, -0.1) is 0 Å². The summed E-state index contributed by atoms with van der Waals surface area (Å²) in [4.78, 5) is 10.1. The predicted molar refractivity (Wildman–Crippen MR) is 59.3 cm³/mol. The van der Waals surface area contributed by atoms with Crippen molar-refractivity contribution in [2.75, 3.05) is 24.2 Å². The van der Waals surface area contributed by atoms with Gasteiger partial charge in [-0.1, -0.05) is 12.2 Å². The largest absolute Gasteiger partial charge is 0.368 e. The van der Waals surface area contributed by atoms with Crippen LogP contribution >= 0.6 is 0 Å². The summed E-state index contributed by atoms with van der Waals surface area (Å²) < 4.78 is 0. The molecule has 14 heavy (non-hydrogen) atoms. The SMILES string of the molecule is C=C(C)CN(C)c1cc(C)nc(N)n1. The minimum Gasteiger partial charge on any atom is -0.368 e. The van der Waals surface area contributed by atoms with Gasteiger partial charge in [0.2, 0.25) is 5.95 Å². The first-order valence-electron chi connectivity index (χ1n) is 4.45. The lowest BCUT2D eigenvalue weighted by Gasteiger charge is -2.18. The van der Waals surface area contributed by atoms with Gasteiger partial charge in [0.05, 0.1) is 0 Å². The van der Waals surface area contributed by atoms with Gasteiger partial charge in [0.15, 0.2) is 0 Å². The molecule has 0 bridgehead atoms. The second-order valence-corrected chi connectivity index (χ2v) is 3.54. The van der Waals surface area contributed by atoms with Crippen molar-refractivity contribution in [3.8, 4) is 0 Å². The highest BCUT2D eigenvalue weighted by Crippen LogP contribution is 2.12. The van der Waals surface area contributed by atoms with Gasteiger partial charge in [-0.25, -0.2) is 4.98 Å². The Labute approximate surface area is 84.5 Å². The van der Waals surface area contributed by atoms with Crippen molar-refractivity contribution in [3.05, 3.63) is 23.9 Å². The van der Waals surface area contributed by atoms with Crippen molar-refractivity contribution in [2.24, 2.45) is 0 Å². The Morgan fingerprint density at radius 2 is 2.21 bits per heavy atom. The third-order valence-electron chi connectivity index (χ3n) is 1.76. The Hall–Kier alpha value is -1.58. The summed E-state index contributed by atoms with van der Waals surface area (Å²) in [6, 6.07) is 1.90. The fourth-order valence-electron chi connectivity index (χ4n) is 1.26. The van der Waals surface area contributed by atoms with Crippen LogP contribution in [0.2, 0.25) is 0 Å². The Bertz CT molecular complexity index is 326. The molecule has 0 saturated heterocycles. The number of nitrogens with two attached hydrogens (primary N) is 1. The predicted octanol–water partition coefficient (Wildman–Crippen LogP) is 1.38. The molecule has 0 amide bonds. The summed E-state index contributed by atoms with van der Waals surface area (Å²) in [5.74, 6) is 1.14. The third-order valence-corrected chi connectivity index (χ3v) is 1.76. The van der Waals surface area contributed by atoms with Crippen LogP contribution in [-0.4, -0.2) is 23.6 Å². The topological polar surface area (TPSA) is 55.0 Å². The lowest BCUT2D eigenvalue weighted by atomic mass is 10.3. The molecule has 0 atom stereocenters. The van der Waals surface area contributed by atoms with E-state index in [2.05, 4.69) is 16.5 Å². The van der Waals surface area contributed by atoms with Crippen molar-refractivity contribution in [3.63, 3.8) is 0 Å². The molecule has 0 fully saturated rings. The summed E-state index contributed by atoms with van der Waals surface area (Å²) >= 11 is 0. The first kappa shape index (κ1) is 10.5. The minimum absolute atomic E-state index is 0.313. The van der Waals surface area contributed by atoms with Crippen LogP contribution in [0.15, 0.2) is 18.2 Å². The maximum absolute atomic E-state index is 5.56. The van der Waals surface area contributed by atoms with Crippen LogP contribution in [0, 0.1) is 6.92 Å². The zero-order valence-corrected chi connectivity index (χ0v) is 8.91. The zero-order valence-electron chi connectivity index (χ0n) is 8.91. The molecule has 0 aliphatic rings. The average molecular weight is 192 g/mol. The van der Waals surface area contributed by atoms with Gasteiger partial charge in [0, 0.05) is 25.4 Å². The van der Waals surface area contributed by atoms with E-state index in [1.165, 1.54) is 0 Å². The van der Waals surface area contributed by atoms with Crippen molar-refractivity contribution in [1.29, 1.82) is 0 Å². The second-order valence-electron chi connectivity index (χ2n) is 3.54. The molecule has 1 aromatic rings. The number of hydrogen-bond acceptors (Lipinski definition) is 4. The molecular formula is C10H16N4. The lowest BCUT2D eigenvalue weighted by molar-refractivity contribution is 0.940. The van der Waals surface area contributed by atoms with Crippen LogP contribution in [0.4, 0.5) is 11.8 Å². The Morgan fingerprint density at radius 1 is 1.57 bits per heavy atom. The second kappa shape index (κ2) is 4.09. The first-order chi connectivity index (χ1) is 6.49. The van der Waals surface area contributed by atoms with Gasteiger partial charge in [-0.05, 0) is 13.8 Å². The van der Waals surface area contributed by atoms with Crippen LogP contribution in [-0.2, 0) is 0 Å². The molecule has 1 aromatic heterocycles. The molecule has 0 aromatic carbocycles. The number of rotatable bonds is 3. The highest BCUT2D eigenvalue weighted by Gasteiger charge is 2.04. The molecule has 4 heteroatoms. The smallest absolute Gasteiger partial charge is 0.222 e. The van der Waals surface area contributed by atoms with Crippen molar-refractivity contribution < 1.29 is 0 Å². The van der Waals surface area contributed by atoms with E-state index in [9.17, 15) is 0 Å². The summed E-state index contributed by atoms with van der Waals surface area (Å²) in [7, 11) is 1.95. The van der Waals surface area contributed by atoms with Crippen LogP contribution < -0.4 is 10.6 Å². The maximum atomic E-state index is 5.56. The molecule has 1 rings (SSSR count). The van der Waals surface area contributed by atoms with Crippen LogP contribution in [0.5, 0.6) is 0 Å². The van der Waals surface area contributed by atoms with Gasteiger partial charge in [0.25, 0.3) is 0 Å². The molecule has 2 N–H and O–H groups in total. The molecule has 4 nitrogen and oxygen atoms in total. The quantitative estimate of drug-likeness (QED) is 0.735. The molecule has 0 aliphatic carbocycles. The van der Waals surface area contributed by atoms with E-state index in [0.717, 1.165) is 23.6 Å². The number of nitrogen functional groups attached to an aromatic ring is 1. The van der Waals surface area contributed by atoms with Crippen LogP contribution in [0.3, 0.4) is 0 Å². The van der Waals surface area contributed by atoms with E-state index in [-0.39, 0.29) is 0 Å². The van der Waals surface area contributed by atoms with Gasteiger partial charge in [-0.2, -0.15) is 4.98 Å². The normalized spacial score (nSPS) is 9.93. The standard InChI is InChI=1S/C10H16N4/c1-7(2)6-14(4)9-5-8(3)12-10(11)13-9/h5H,1,6H2,2-4H3,(H2,11,12,13). The van der Waals surface area contributed by atoms with Crippen LogP contribution in [0.1, 0.15) is 12.6 Å². The Morgan fingerprint density at radius 3 is 2.71 bits per heavy atom. The minimum atomic E-state index is 0.313. The van der Waals surface area contributed by atoms with E-state index in [1.807, 2.05) is 31.9 Å². The van der Waals surface area contributed by atoms with Crippen LogP contribution in [0.25, 0.3) is 0 Å². The van der Waals surface area contributed by atoms with Gasteiger partial charge < -0.3 is 10.6 Å². The number of likely N-dealkylation sites (N-methyl/N-ethyl adjacent to an activating group) is 1. The van der Waals surface area contributed by atoms with Gasteiger partial charge in [-0.3, -0.25) is 0 Å². The molecule has 1 heterocycles. The van der Waals surface area contributed by atoms with Crippen molar-refractivity contribution in [1.82, 2.24) is 9.97 Å². The number of nitrogens with zero attached hydrogens (tertiary/aromatic N) is 3. The lowest BCUT2D eigenvalue weighted by Crippen LogP contribution is -2.21. The fraction of sp³-hybridized carbons (Fsp3) is 0.400. The van der Waals surface area contributed by atoms with E-state index in [4.69, 9.17) is 5.73 Å². The van der Waals surface area contributed by atoms with E-state index in [1.54, 1.807) is 0 Å². The van der Waals surface area contributed by atoms with Gasteiger partial charge >= 0.3 is 0 Å². The number of anilines is 2. The molecule has 0 radical (unpaired) electrons. The maximum Gasteiger partial charge on any atom is 0.222 e. The number of aromatic nitrogens is 2. The molecule has 0 spiro atoms. The first-order valence-corrected chi connectivity index (χ1v) is 4.45. The molecular weight excluding hydrogens is 176 g/mol. The number of hydrogen-bond donors (Lipinski definition) is 1. The molecule has 76 valence electrons. The Balaban J connectivity index is 2.89. The zero-order chi connectivity index (χ0) is 10.7. The highest BCUT2D eigenvalue weighted by molar-refractivity contribution is 5.43. The Kier molecular flexibility index (Phi) is 3.06. The molecule has 0 aliphatic heterocycles. The summed E-state index contributed by atoms with van der Waals surface area (Å²) in [5.41, 5.74) is 7.52. The average Bonchev–Trinajstić information content (AvgIpc) is 2.00. The monoisotopic (exact) mass is 192 g/mol. The fourth-order valence-corrected chi connectivity index (χ4v) is 1.26. The molecule has 0 saturated carbocycles. The van der Waals surface area contributed by atoms with E-state index >= 15 is 0 Å². The summed E-state index contributed by atoms with van der Waals surface area (Å²) in [5, 5.41) is 0. The van der Waals surface area contributed by atoms with Gasteiger partial charge in [0.1, 0.15) is 5.82 Å². The van der Waals surface area contributed by atoms with Crippen molar-refractivity contribution in [2.45, 2.75) is 13.8 Å². The van der Waals surface area contributed by atoms with E-state index in [0.29, 0.717) is 5.95 Å². The third kappa shape index (κ3) is 2.73. The van der Waals surface area contributed by atoms with E-state index < -0.39 is 0 Å². The van der Waals surface area contributed by atoms with Crippen molar-refractivity contribution >= 4 is 11.8 Å². The highest BCUT2D eigenvalue weighted by atomic mass is 15.2.